The number of hydrogen-bond acceptors (Lipinski definition) is 5. The Morgan fingerprint density at radius 3 is 2.43 bits per heavy atom. The normalized spacial score (nSPS) is 11.5. The molecule has 1 N–H and O–H groups in total. The lowest BCUT2D eigenvalue weighted by molar-refractivity contribution is -0.386. The summed E-state index contributed by atoms with van der Waals surface area (Å²) in [5.41, 5.74) is 5.55. The number of aryl methyl sites for hydroxylation is 1. The number of carbonyl (C=O) groups is 1. The van der Waals surface area contributed by atoms with Crippen molar-refractivity contribution >= 4 is 17.3 Å². The van der Waals surface area contributed by atoms with Gasteiger partial charge in [-0.25, -0.2) is 5.43 Å². The van der Waals surface area contributed by atoms with Crippen LogP contribution in [0.1, 0.15) is 23.9 Å². The SMILES string of the molecule is CC(=NNC(=O)Cn1nc(C)c([N+](=O)[O-])c1C)c1ccc(-n2cccc2)cc1. The molecule has 28 heavy (non-hydrogen) atoms. The minimum absolute atomic E-state index is 0.0738. The average molecular weight is 380 g/mol. The fraction of sp³-hybridized carbons (Fsp3) is 0.211. The van der Waals surface area contributed by atoms with E-state index in [0.717, 1.165) is 11.3 Å². The maximum atomic E-state index is 12.1. The number of carbonyl (C=O) groups excluding carboxylic acids is 1. The van der Waals surface area contributed by atoms with E-state index < -0.39 is 10.8 Å². The zero-order valence-corrected chi connectivity index (χ0v) is 15.8. The van der Waals surface area contributed by atoms with Gasteiger partial charge in [-0.1, -0.05) is 12.1 Å². The summed E-state index contributed by atoms with van der Waals surface area (Å²) < 4.78 is 3.30. The molecule has 0 spiro atoms. The standard InChI is InChI=1S/C19H20N6O3/c1-13(16-6-8-17(9-7-16)23-10-4-5-11-23)20-21-18(26)12-24-15(3)19(25(27)28)14(2)22-24/h4-11H,12H2,1-3H3,(H,21,26). The maximum Gasteiger partial charge on any atom is 0.312 e. The highest BCUT2D eigenvalue weighted by Gasteiger charge is 2.22. The summed E-state index contributed by atoms with van der Waals surface area (Å²) in [6.45, 7) is 4.74. The molecule has 0 aliphatic carbocycles. The van der Waals surface area contributed by atoms with Crippen molar-refractivity contribution in [1.29, 1.82) is 0 Å². The molecule has 0 saturated carbocycles. The molecule has 9 nitrogen and oxygen atoms in total. The molecule has 9 heteroatoms. The summed E-state index contributed by atoms with van der Waals surface area (Å²) in [5.74, 6) is -0.413. The molecule has 1 aromatic carbocycles. The predicted octanol–water partition coefficient (Wildman–Crippen LogP) is 2.74. The highest BCUT2D eigenvalue weighted by Crippen LogP contribution is 2.21. The Labute approximate surface area is 161 Å². The quantitative estimate of drug-likeness (QED) is 0.403. The minimum atomic E-state index is -0.494. The van der Waals surface area contributed by atoms with Crippen LogP contribution in [0.5, 0.6) is 0 Å². The fourth-order valence-corrected chi connectivity index (χ4v) is 2.87. The number of amides is 1. The lowest BCUT2D eigenvalue weighted by atomic mass is 10.1. The molecule has 144 valence electrons. The number of nitrogens with one attached hydrogen (secondary N) is 1. The molecule has 2 aromatic heterocycles. The van der Waals surface area contributed by atoms with Crippen molar-refractivity contribution in [3.05, 3.63) is 75.9 Å². The predicted molar refractivity (Wildman–Crippen MR) is 104 cm³/mol. The van der Waals surface area contributed by atoms with E-state index in [1.807, 2.05) is 53.4 Å². The summed E-state index contributed by atoms with van der Waals surface area (Å²) in [7, 11) is 0. The van der Waals surface area contributed by atoms with Crippen LogP contribution in [0, 0.1) is 24.0 Å². The van der Waals surface area contributed by atoms with E-state index in [9.17, 15) is 14.9 Å². The first-order valence-electron chi connectivity index (χ1n) is 8.62. The molecule has 0 saturated heterocycles. The maximum absolute atomic E-state index is 12.1. The number of benzene rings is 1. The summed E-state index contributed by atoms with van der Waals surface area (Å²) in [6.07, 6.45) is 3.92. The molecule has 0 unspecified atom stereocenters. The average Bonchev–Trinajstić information content (AvgIpc) is 3.28. The van der Waals surface area contributed by atoms with Gasteiger partial charge in [0, 0.05) is 18.1 Å². The van der Waals surface area contributed by atoms with E-state index in [1.165, 1.54) is 4.68 Å². The van der Waals surface area contributed by atoms with Gasteiger partial charge in [-0.2, -0.15) is 10.2 Å². The minimum Gasteiger partial charge on any atom is -0.324 e. The first-order valence-corrected chi connectivity index (χ1v) is 8.62. The Kier molecular flexibility index (Phi) is 5.35. The monoisotopic (exact) mass is 380 g/mol. The number of hydrazone groups is 1. The number of rotatable bonds is 6. The van der Waals surface area contributed by atoms with Crippen LogP contribution in [0.15, 0.2) is 53.9 Å². The topological polar surface area (TPSA) is 107 Å². The molecule has 2 heterocycles. The van der Waals surface area contributed by atoms with Gasteiger partial charge in [0.2, 0.25) is 0 Å². The summed E-state index contributed by atoms with van der Waals surface area (Å²) in [4.78, 5) is 22.7. The Balaban J connectivity index is 1.65. The van der Waals surface area contributed by atoms with Gasteiger partial charge in [0.15, 0.2) is 0 Å². The third-order valence-electron chi connectivity index (χ3n) is 4.36. The van der Waals surface area contributed by atoms with Crippen LogP contribution in [-0.2, 0) is 11.3 Å². The zero-order valence-electron chi connectivity index (χ0n) is 15.8. The highest BCUT2D eigenvalue weighted by molar-refractivity contribution is 5.99. The van der Waals surface area contributed by atoms with Crippen molar-refractivity contribution in [2.45, 2.75) is 27.3 Å². The molecule has 0 atom stereocenters. The molecule has 3 rings (SSSR count). The van der Waals surface area contributed by atoms with E-state index in [2.05, 4.69) is 15.6 Å². The first kappa shape index (κ1) is 19.0. The zero-order chi connectivity index (χ0) is 20.3. The molecule has 0 fully saturated rings. The summed E-state index contributed by atoms with van der Waals surface area (Å²) in [5, 5.41) is 19.2. The van der Waals surface area contributed by atoms with Gasteiger partial charge >= 0.3 is 5.69 Å². The third kappa shape index (κ3) is 3.98. The molecule has 0 radical (unpaired) electrons. The second kappa shape index (κ2) is 7.87. The van der Waals surface area contributed by atoms with Crippen LogP contribution in [0.2, 0.25) is 0 Å². The van der Waals surface area contributed by atoms with Crippen LogP contribution in [0.4, 0.5) is 5.69 Å². The van der Waals surface area contributed by atoms with Gasteiger partial charge in [0.25, 0.3) is 5.91 Å². The number of nitrogens with zero attached hydrogens (tertiary/aromatic N) is 5. The molecule has 3 aromatic rings. The van der Waals surface area contributed by atoms with Crippen LogP contribution in [0.25, 0.3) is 5.69 Å². The van der Waals surface area contributed by atoms with Crippen molar-refractivity contribution in [2.75, 3.05) is 0 Å². The summed E-state index contributed by atoms with van der Waals surface area (Å²) >= 11 is 0. The van der Waals surface area contributed by atoms with E-state index in [4.69, 9.17) is 0 Å². The van der Waals surface area contributed by atoms with Crippen molar-refractivity contribution in [1.82, 2.24) is 19.8 Å². The van der Waals surface area contributed by atoms with Gasteiger partial charge in [0.1, 0.15) is 17.9 Å². The lowest BCUT2D eigenvalue weighted by Crippen LogP contribution is -2.25. The number of nitro groups is 1. The Morgan fingerprint density at radius 1 is 1.21 bits per heavy atom. The third-order valence-corrected chi connectivity index (χ3v) is 4.36. The van der Waals surface area contributed by atoms with Crippen molar-refractivity contribution in [3.63, 3.8) is 0 Å². The van der Waals surface area contributed by atoms with Gasteiger partial charge in [-0.05, 0) is 50.6 Å². The van der Waals surface area contributed by atoms with Crippen molar-refractivity contribution in [2.24, 2.45) is 5.10 Å². The molecule has 0 bridgehead atoms. The molecular weight excluding hydrogens is 360 g/mol. The Hall–Kier alpha value is -3.75. The molecule has 1 amide bonds. The van der Waals surface area contributed by atoms with Gasteiger partial charge in [-0.15, -0.1) is 0 Å². The van der Waals surface area contributed by atoms with Crippen LogP contribution in [0.3, 0.4) is 0 Å². The fourth-order valence-electron chi connectivity index (χ4n) is 2.87. The van der Waals surface area contributed by atoms with E-state index in [0.29, 0.717) is 11.4 Å². The first-order chi connectivity index (χ1) is 13.4. The molecular formula is C19H20N6O3. The van der Waals surface area contributed by atoms with Crippen LogP contribution < -0.4 is 5.43 Å². The second-order valence-electron chi connectivity index (χ2n) is 6.30. The van der Waals surface area contributed by atoms with Crippen molar-refractivity contribution < 1.29 is 9.72 Å². The van der Waals surface area contributed by atoms with Gasteiger partial charge < -0.3 is 4.57 Å². The number of hydrogen-bond donors (Lipinski definition) is 1. The van der Waals surface area contributed by atoms with Gasteiger partial charge in [0.05, 0.1) is 10.6 Å². The molecule has 0 aliphatic heterocycles. The lowest BCUT2D eigenvalue weighted by Gasteiger charge is -2.06. The van der Waals surface area contributed by atoms with E-state index >= 15 is 0 Å². The van der Waals surface area contributed by atoms with E-state index in [-0.39, 0.29) is 17.9 Å². The Morgan fingerprint density at radius 2 is 1.86 bits per heavy atom. The van der Waals surface area contributed by atoms with E-state index in [1.54, 1.807) is 20.8 Å². The highest BCUT2D eigenvalue weighted by atomic mass is 16.6. The number of aromatic nitrogens is 3. The van der Waals surface area contributed by atoms with Crippen LogP contribution >= 0.6 is 0 Å². The summed E-state index contributed by atoms with van der Waals surface area (Å²) in [6, 6.07) is 11.7. The second-order valence-corrected chi connectivity index (χ2v) is 6.30. The smallest absolute Gasteiger partial charge is 0.312 e. The molecule has 0 aliphatic rings. The Bertz CT molecular complexity index is 1030. The van der Waals surface area contributed by atoms with Crippen LogP contribution in [-0.4, -0.2) is 30.9 Å². The largest absolute Gasteiger partial charge is 0.324 e. The van der Waals surface area contributed by atoms with Crippen molar-refractivity contribution in [3.8, 4) is 5.69 Å². The van der Waals surface area contributed by atoms with Gasteiger partial charge in [-0.3, -0.25) is 19.6 Å².